The fourth-order valence-corrected chi connectivity index (χ4v) is 4.12. The molecule has 3 rings (SSSR count). The number of benzene rings is 3. The SMILES string of the molecule is CC(=O)Nc1ccc(S(=O)(=O)N(C)CC(=O)Nc2cccc(OCc3ccc(F)cc3)c2)cc1. The first-order chi connectivity index (χ1) is 16.1. The second-order valence-electron chi connectivity index (χ2n) is 7.46. The molecule has 2 N–H and O–H groups in total. The van der Waals surface area contributed by atoms with Crippen molar-refractivity contribution in [3.05, 3.63) is 84.2 Å². The van der Waals surface area contributed by atoms with Crippen molar-refractivity contribution in [3.63, 3.8) is 0 Å². The first kappa shape index (κ1) is 24.9. The number of carbonyl (C=O) groups excluding carboxylic acids is 2. The van der Waals surface area contributed by atoms with Gasteiger partial charge >= 0.3 is 0 Å². The third kappa shape index (κ3) is 6.87. The normalized spacial score (nSPS) is 11.2. The minimum absolute atomic E-state index is 0.00640. The number of halogens is 1. The Morgan fingerprint density at radius 2 is 1.62 bits per heavy atom. The van der Waals surface area contributed by atoms with E-state index in [0.717, 1.165) is 9.87 Å². The highest BCUT2D eigenvalue weighted by Crippen LogP contribution is 2.20. The van der Waals surface area contributed by atoms with Crippen molar-refractivity contribution in [1.82, 2.24) is 4.31 Å². The van der Waals surface area contributed by atoms with Gasteiger partial charge in [-0.25, -0.2) is 12.8 Å². The van der Waals surface area contributed by atoms with Gasteiger partial charge in [0, 0.05) is 31.4 Å². The molecular formula is C24H24FN3O5S. The van der Waals surface area contributed by atoms with Crippen LogP contribution in [0.15, 0.2) is 77.7 Å². The highest BCUT2D eigenvalue weighted by Gasteiger charge is 2.23. The quantitative estimate of drug-likeness (QED) is 0.482. The lowest BCUT2D eigenvalue weighted by Crippen LogP contribution is -2.34. The molecule has 0 aromatic heterocycles. The molecule has 0 aliphatic heterocycles. The lowest BCUT2D eigenvalue weighted by molar-refractivity contribution is -0.116. The molecule has 0 spiro atoms. The smallest absolute Gasteiger partial charge is 0.243 e. The van der Waals surface area contributed by atoms with Crippen LogP contribution in [0, 0.1) is 5.82 Å². The molecule has 0 bridgehead atoms. The molecule has 178 valence electrons. The summed E-state index contributed by atoms with van der Waals surface area (Å²) in [5.74, 6) is -0.643. The summed E-state index contributed by atoms with van der Waals surface area (Å²) in [6.45, 7) is 1.17. The zero-order valence-corrected chi connectivity index (χ0v) is 19.4. The van der Waals surface area contributed by atoms with Crippen molar-refractivity contribution in [2.24, 2.45) is 0 Å². The van der Waals surface area contributed by atoms with Crippen LogP contribution >= 0.6 is 0 Å². The summed E-state index contributed by atoms with van der Waals surface area (Å²) < 4.78 is 45.1. The number of rotatable bonds is 9. The van der Waals surface area contributed by atoms with Gasteiger partial charge in [0.05, 0.1) is 11.4 Å². The van der Waals surface area contributed by atoms with Crippen molar-refractivity contribution in [2.45, 2.75) is 18.4 Å². The standard InChI is InChI=1S/C24H24FN3O5S/c1-17(29)26-20-10-12-23(13-11-20)34(31,32)28(2)15-24(30)27-21-4-3-5-22(14-21)33-16-18-6-8-19(25)9-7-18/h3-14H,15-16H2,1-2H3,(H,26,29)(H,27,30). The summed E-state index contributed by atoms with van der Waals surface area (Å²) in [5, 5.41) is 5.21. The highest BCUT2D eigenvalue weighted by atomic mass is 32.2. The number of nitrogens with zero attached hydrogens (tertiary/aromatic N) is 1. The van der Waals surface area contributed by atoms with E-state index in [9.17, 15) is 22.4 Å². The van der Waals surface area contributed by atoms with Crippen LogP contribution in [0.5, 0.6) is 5.75 Å². The summed E-state index contributed by atoms with van der Waals surface area (Å²) in [4.78, 5) is 23.6. The van der Waals surface area contributed by atoms with E-state index in [-0.39, 0.29) is 23.2 Å². The average molecular weight is 486 g/mol. The molecule has 0 atom stereocenters. The van der Waals surface area contributed by atoms with Crippen molar-refractivity contribution in [2.75, 3.05) is 24.2 Å². The minimum atomic E-state index is -3.91. The van der Waals surface area contributed by atoms with E-state index >= 15 is 0 Å². The van der Waals surface area contributed by atoms with E-state index in [1.165, 1.54) is 50.4 Å². The van der Waals surface area contributed by atoms with Gasteiger partial charge in [-0.1, -0.05) is 18.2 Å². The van der Waals surface area contributed by atoms with E-state index in [1.807, 2.05) is 0 Å². The predicted octanol–water partition coefficient (Wildman–Crippen LogP) is 3.62. The molecule has 0 saturated heterocycles. The lowest BCUT2D eigenvalue weighted by Gasteiger charge is -2.17. The second kappa shape index (κ2) is 10.9. The van der Waals surface area contributed by atoms with E-state index in [2.05, 4.69) is 10.6 Å². The number of carbonyl (C=O) groups is 2. The van der Waals surface area contributed by atoms with Crippen LogP contribution in [0.1, 0.15) is 12.5 Å². The van der Waals surface area contributed by atoms with Gasteiger partial charge in [-0.2, -0.15) is 4.31 Å². The van der Waals surface area contributed by atoms with Crippen LogP contribution in [-0.4, -0.2) is 38.1 Å². The molecular weight excluding hydrogens is 461 g/mol. The number of anilines is 2. The van der Waals surface area contributed by atoms with Crippen molar-refractivity contribution < 1.29 is 27.1 Å². The van der Waals surface area contributed by atoms with E-state index in [4.69, 9.17) is 4.74 Å². The summed E-state index contributed by atoms with van der Waals surface area (Å²) >= 11 is 0. The highest BCUT2D eigenvalue weighted by molar-refractivity contribution is 7.89. The monoisotopic (exact) mass is 485 g/mol. The summed E-state index contributed by atoms with van der Waals surface area (Å²) in [6.07, 6.45) is 0. The van der Waals surface area contributed by atoms with E-state index < -0.39 is 22.5 Å². The molecule has 0 saturated carbocycles. The fourth-order valence-electron chi connectivity index (χ4n) is 2.99. The number of ether oxygens (including phenoxy) is 1. The first-order valence-corrected chi connectivity index (χ1v) is 11.7. The van der Waals surface area contributed by atoms with Crippen LogP contribution in [0.25, 0.3) is 0 Å². The van der Waals surface area contributed by atoms with Crippen molar-refractivity contribution >= 4 is 33.2 Å². The molecule has 0 heterocycles. The Hall–Kier alpha value is -3.76. The number of sulfonamides is 1. The number of likely N-dealkylation sites (N-methyl/N-ethyl adjacent to an activating group) is 1. The van der Waals surface area contributed by atoms with Gasteiger partial charge < -0.3 is 15.4 Å². The molecule has 3 aromatic rings. The van der Waals surface area contributed by atoms with Crippen molar-refractivity contribution in [3.8, 4) is 5.75 Å². The molecule has 34 heavy (non-hydrogen) atoms. The van der Waals surface area contributed by atoms with Gasteiger partial charge in [0.1, 0.15) is 18.2 Å². The molecule has 2 amide bonds. The Morgan fingerprint density at radius 3 is 2.26 bits per heavy atom. The summed E-state index contributed by atoms with van der Waals surface area (Å²) in [5.41, 5.74) is 1.69. The number of hydrogen-bond acceptors (Lipinski definition) is 5. The van der Waals surface area contributed by atoms with Gasteiger partial charge in [-0.15, -0.1) is 0 Å². The molecule has 8 nitrogen and oxygen atoms in total. The lowest BCUT2D eigenvalue weighted by atomic mass is 10.2. The Bertz CT molecular complexity index is 1260. The molecule has 0 radical (unpaired) electrons. The first-order valence-electron chi connectivity index (χ1n) is 10.2. The largest absolute Gasteiger partial charge is 0.489 e. The van der Waals surface area contributed by atoms with Crippen LogP contribution in [0.2, 0.25) is 0 Å². The van der Waals surface area contributed by atoms with Crippen LogP contribution < -0.4 is 15.4 Å². The van der Waals surface area contributed by atoms with Crippen LogP contribution in [0.3, 0.4) is 0 Å². The summed E-state index contributed by atoms with van der Waals surface area (Å²) in [6, 6.07) is 18.2. The Balaban J connectivity index is 1.58. The van der Waals surface area contributed by atoms with E-state index in [1.54, 1.807) is 36.4 Å². The molecule has 0 fully saturated rings. The number of amides is 2. The molecule has 0 aliphatic carbocycles. The average Bonchev–Trinajstić information content (AvgIpc) is 2.79. The van der Waals surface area contributed by atoms with E-state index in [0.29, 0.717) is 17.1 Å². The van der Waals surface area contributed by atoms with Gasteiger partial charge in [0.2, 0.25) is 21.8 Å². The zero-order chi connectivity index (χ0) is 24.7. The van der Waals surface area contributed by atoms with Gasteiger partial charge in [0.15, 0.2) is 0 Å². The molecule has 3 aromatic carbocycles. The predicted molar refractivity (Wildman–Crippen MR) is 126 cm³/mol. The van der Waals surface area contributed by atoms with Gasteiger partial charge in [-0.05, 0) is 54.1 Å². The fraction of sp³-hybridized carbons (Fsp3) is 0.167. The second-order valence-corrected chi connectivity index (χ2v) is 9.50. The number of nitrogens with one attached hydrogen (secondary N) is 2. The maximum Gasteiger partial charge on any atom is 0.243 e. The third-order valence-electron chi connectivity index (χ3n) is 4.69. The van der Waals surface area contributed by atoms with Crippen LogP contribution in [0.4, 0.5) is 15.8 Å². The topological polar surface area (TPSA) is 105 Å². The molecule has 0 unspecified atom stereocenters. The maximum atomic E-state index is 13.0. The maximum absolute atomic E-state index is 13.0. The van der Waals surface area contributed by atoms with Gasteiger partial charge in [0.25, 0.3) is 0 Å². The summed E-state index contributed by atoms with van der Waals surface area (Å²) in [7, 11) is -2.61. The van der Waals surface area contributed by atoms with Gasteiger partial charge in [-0.3, -0.25) is 9.59 Å². The van der Waals surface area contributed by atoms with Crippen LogP contribution in [-0.2, 0) is 26.2 Å². The molecule has 10 heteroatoms. The Kier molecular flexibility index (Phi) is 7.98. The Morgan fingerprint density at radius 1 is 0.941 bits per heavy atom. The molecule has 0 aliphatic rings. The number of hydrogen-bond donors (Lipinski definition) is 2. The third-order valence-corrected chi connectivity index (χ3v) is 6.50. The Labute approximate surface area is 197 Å². The van der Waals surface area contributed by atoms with Crippen molar-refractivity contribution in [1.29, 1.82) is 0 Å². The minimum Gasteiger partial charge on any atom is -0.489 e. The zero-order valence-electron chi connectivity index (χ0n) is 18.6.